The molecule has 0 bridgehead atoms. The highest BCUT2D eigenvalue weighted by molar-refractivity contribution is 7.13. The number of para-hydroxylation sites is 1. The molecule has 1 saturated carbocycles. The van der Waals surface area contributed by atoms with Gasteiger partial charge >= 0.3 is 6.18 Å². The van der Waals surface area contributed by atoms with Crippen molar-refractivity contribution < 1.29 is 27.1 Å². The maximum atomic E-state index is 12.2. The molecular formula is C28H37F3N4O3S. The molecule has 39 heavy (non-hydrogen) atoms. The van der Waals surface area contributed by atoms with Crippen LogP contribution in [0.3, 0.4) is 0 Å². The van der Waals surface area contributed by atoms with Crippen molar-refractivity contribution in [2.45, 2.75) is 64.5 Å². The molecule has 0 spiro atoms. The number of benzene rings is 1. The first kappa shape index (κ1) is 30.6. The fourth-order valence-electron chi connectivity index (χ4n) is 4.91. The second-order valence-electron chi connectivity index (χ2n) is 9.64. The number of carbonyl (C=O) groups excluding carboxylic acids is 1. The van der Waals surface area contributed by atoms with Gasteiger partial charge < -0.3 is 19.8 Å². The van der Waals surface area contributed by atoms with Crippen LogP contribution in [-0.4, -0.2) is 53.2 Å². The van der Waals surface area contributed by atoms with Crippen molar-refractivity contribution in [3.8, 4) is 5.19 Å². The minimum atomic E-state index is -4.31. The van der Waals surface area contributed by atoms with Crippen LogP contribution >= 0.6 is 11.3 Å². The van der Waals surface area contributed by atoms with Gasteiger partial charge in [-0.3, -0.25) is 4.79 Å². The van der Waals surface area contributed by atoms with Crippen molar-refractivity contribution in [1.82, 2.24) is 14.9 Å². The molecule has 2 aliphatic rings. The first-order valence-electron chi connectivity index (χ1n) is 13.2. The highest BCUT2D eigenvalue weighted by Gasteiger charge is 2.29. The van der Waals surface area contributed by atoms with Gasteiger partial charge in [0.25, 0.3) is 11.1 Å². The van der Waals surface area contributed by atoms with Crippen LogP contribution in [-0.2, 0) is 12.8 Å². The van der Waals surface area contributed by atoms with E-state index in [4.69, 9.17) is 14.9 Å². The number of halogens is 3. The average Bonchev–Trinajstić information content (AvgIpc) is 3.45. The number of nitrogens with zero attached hydrogens (tertiary/aromatic N) is 3. The molecule has 2 aromatic heterocycles. The lowest BCUT2D eigenvalue weighted by atomic mass is 9.87. The van der Waals surface area contributed by atoms with E-state index in [0.717, 1.165) is 49.0 Å². The smallest absolute Gasteiger partial charge is 0.422 e. The zero-order valence-electron chi connectivity index (χ0n) is 22.4. The number of thiazole rings is 1. The van der Waals surface area contributed by atoms with E-state index in [1.54, 1.807) is 25.1 Å². The van der Waals surface area contributed by atoms with Crippen LogP contribution in [0.25, 0.3) is 11.1 Å². The number of amides is 1. The second-order valence-corrected chi connectivity index (χ2v) is 10.7. The third kappa shape index (κ3) is 9.35. The van der Waals surface area contributed by atoms with Gasteiger partial charge in [-0.15, -0.1) is 13.2 Å². The third-order valence-electron chi connectivity index (χ3n) is 6.80. The molecule has 0 unspecified atom stereocenters. The van der Waals surface area contributed by atoms with Crippen LogP contribution in [0.15, 0.2) is 35.8 Å². The van der Waals surface area contributed by atoms with E-state index in [1.165, 1.54) is 49.9 Å². The predicted molar refractivity (Wildman–Crippen MR) is 147 cm³/mol. The topological polar surface area (TPSA) is 94.5 Å². The fraction of sp³-hybridized carbons (Fsp3) is 0.536. The molecule has 2 N–H and O–H groups in total. The van der Waals surface area contributed by atoms with Crippen molar-refractivity contribution in [3.63, 3.8) is 0 Å². The summed E-state index contributed by atoms with van der Waals surface area (Å²) in [7, 11) is 0. The summed E-state index contributed by atoms with van der Waals surface area (Å²) in [4.78, 5) is 22.9. The normalized spacial score (nSPS) is 16.3. The van der Waals surface area contributed by atoms with E-state index >= 15 is 0 Å². The van der Waals surface area contributed by atoms with E-state index in [0.29, 0.717) is 22.6 Å². The lowest BCUT2D eigenvalue weighted by Crippen LogP contribution is -2.29. The van der Waals surface area contributed by atoms with E-state index in [1.807, 2.05) is 0 Å². The number of ether oxygens (including phenoxy) is 1. The number of aromatic nitrogens is 2. The zero-order valence-corrected chi connectivity index (χ0v) is 23.2. The summed E-state index contributed by atoms with van der Waals surface area (Å²) in [5.74, 6) is 0.919. The number of primary amides is 1. The summed E-state index contributed by atoms with van der Waals surface area (Å²) in [5.41, 5.74) is 7.59. The summed E-state index contributed by atoms with van der Waals surface area (Å²) in [6, 6.07) is 5.12. The van der Waals surface area contributed by atoms with E-state index in [2.05, 4.69) is 28.0 Å². The van der Waals surface area contributed by atoms with Crippen molar-refractivity contribution in [2.24, 2.45) is 11.7 Å². The first-order chi connectivity index (χ1) is 18.7. The van der Waals surface area contributed by atoms with Crippen LogP contribution in [0.2, 0.25) is 0 Å². The Hall–Kier alpha value is -2.92. The molecule has 0 atom stereocenters. The minimum absolute atomic E-state index is 0.160. The largest absolute Gasteiger partial charge is 0.460 e. The quantitative estimate of drug-likeness (QED) is 0.343. The second kappa shape index (κ2) is 14.5. The van der Waals surface area contributed by atoms with Crippen molar-refractivity contribution in [1.29, 1.82) is 0 Å². The average molecular weight is 567 g/mol. The SMILES string of the molecule is C=C.Cc1nc2cccc(C(N)=O)c2o1.FC(F)(F)COc1nc2c(s1)CCN(CCC1CCCCC1)CC2. The minimum Gasteiger partial charge on any atom is -0.460 e. The highest BCUT2D eigenvalue weighted by Crippen LogP contribution is 2.30. The molecule has 1 amide bonds. The summed E-state index contributed by atoms with van der Waals surface area (Å²) in [6.45, 7) is 9.53. The van der Waals surface area contributed by atoms with E-state index in [-0.39, 0.29) is 5.19 Å². The van der Waals surface area contributed by atoms with E-state index in [9.17, 15) is 18.0 Å². The molecule has 11 heteroatoms. The lowest BCUT2D eigenvalue weighted by Gasteiger charge is -2.26. The summed E-state index contributed by atoms with van der Waals surface area (Å²) in [6.07, 6.45) is 5.56. The van der Waals surface area contributed by atoms with E-state index < -0.39 is 18.7 Å². The monoisotopic (exact) mass is 566 g/mol. The Morgan fingerprint density at radius 1 is 1.18 bits per heavy atom. The Morgan fingerprint density at radius 3 is 2.59 bits per heavy atom. The van der Waals surface area contributed by atoms with Crippen LogP contribution < -0.4 is 10.5 Å². The van der Waals surface area contributed by atoms with Gasteiger partial charge in [0.1, 0.15) is 5.52 Å². The molecule has 5 rings (SSSR count). The Kier molecular flexibility index (Phi) is 11.4. The number of nitrogens with two attached hydrogens (primary N) is 1. The molecule has 3 aromatic rings. The lowest BCUT2D eigenvalue weighted by molar-refractivity contribution is -0.153. The molecule has 1 aliphatic heterocycles. The number of fused-ring (bicyclic) bond motifs is 2. The number of aryl methyl sites for hydroxylation is 1. The van der Waals surface area contributed by atoms with Crippen molar-refractivity contribution in [3.05, 3.63) is 53.4 Å². The Labute approximate surface area is 231 Å². The predicted octanol–water partition coefficient (Wildman–Crippen LogP) is 6.49. The maximum Gasteiger partial charge on any atom is 0.422 e. The van der Waals surface area contributed by atoms with Gasteiger partial charge in [0.05, 0.1) is 11.3 Å². The highest BCUT2D eigenvalue weighted by atomic mass is 32.1. The molecule has 0 saturated heterocycles. The Bertz CT molecular complexity index is 1180. The zero-order chi connectivity index (χ0) is 28.4. The molecule has 0 radical (unpaired) electrons. The Balaban J connectivity index is 0.000000236. The standard InChI is InChI=1S/C17H25F3N2OS.C9H8N2O2.C2H4/c18-17(19,20)12-23-16-21-14-7-10-22(11-8-15(14)24-16)9-6-13-4-2-1-3-5-13;1-5-11-7-4-2-3-6(9(10)12)8(7)13-5;1-2/h13H,1-12H2;2-4H,1H3,(H2,10,12);1-2H2. The van der Waals surface area contributed by atoms with Gasteiger partial charge in [0, 0.05) is 31.3 Å². The molecule has 214 valence electrons. The van der Waals surface area contributed by atoms with Crippen LogP contribution in [0.5, 0.6) is 5.19 Å². The molecule has 1 aliphatic carbocycles. The number of carbonyl (C=O) groups is 1. The fourth-order valence-corrected chi connectivity index (χ4v) is 5.85. The van der Waals surface area contributed by atoms with Crippen LogP contribution in [0, 0.1) is 12.8 Å². The molecule has 3 heterocycles. The van der Waals surface area contributed by atoms with Crippen LogP contribution in [0.4, 0.5) is 13.2 Å². The maximum absolute atomic E-state index is 12.2. The van der Waals surface area contributed by atoms with Crippen LogP contribution in [0.1, 0.15) is 65.3 Å². The summed E-state index contributed by atoms with van der Waals surface area (Å²) >= 11 is 1.28. The van der Waals surface area contributed by atoms with Gasteiger partial charge in [0.2, 0.25) is 0 Å². The Morgan fingerprint density at radius 2 is 1.90 bits per heavy atom. The molecule has 7 nitrogen and oxygen atoms in total. The molecular weight excluding hydrogens is 529 g/mol. The third-order valence-corrected chi connectivity index (χ3v) is 7.87. The van der Waals surface area contributed by atoms with Crippen molar-refractivity contribution in [2.75, 3.05) is 26.2 Å². The first-order valence-corrected chi connectivity index (χ1v) is 14.1. The number of hydrogen-bond acceptors (Lipinski definition) is 7. The molecule has 1 aromatic carbocycles. The van der Waals surface area contributed by atoms with Gasteiger partial charge in [-0.2, -0.15) is 13.2 Å². The number of alkyl halides is 3. The summed E-state index contributed by atoms with van der Waals surface area (Å²) < 4.78 is 46.7. The van der Waals surface area contributed by atoms with Gasteiger partial charge in [0.15, 0.2) is 18.1 Å². The van der Waals surface area contributed by atoms with Gasteiger partial charge in [-0.1, -0.05) is 49.5 Å². The number of hydrogen-bond donors (Lipinski definition) is 1. The number of oxazole rings is 1. The van der Waals surface area contributed by atoms with Crippen molar-refractivity contribution >= 4 is 28.3 Å². The number of rotatable bonds is 6. The molecule has 1 fully saturated rings. The van der Waals surface area contributed by atoms with Gasteiger partial charge in [-0.25, -0.2) is 9.97 Å². The summed E-state index contributed by atoms with van der Waals surface area (Å²) in [5, 5.41) is 0.160. The van der Waals surface area contributed by atoms with Gasteiger partial charge in [-0.05, 0) is 37.4 Å².